The van der Waals surface area contributed by atoms with Crippen LogP contribution in [0.4, 0.5) is 13.2 Å². The molecule has 0 radical (unpaired) electrons. The normalized spacial score (nSPS) is 13.8. The molecule has 0 unspecified atom stereocenters. The van der Waals surface area contributed by atoms with Crippen LogP contribution in [-0.4, -0.2) is 27.3 Å². The lowest BCUT2D eigenvalue weighted by Gasteiger charge is -2.16. The van der Waals surface area contributed by atoms with Gasteiger partial charge in [0, 0.05) is 29.4 Å². The predicted octanol–water partition coefficient (Wildman–Crippen LogP) is 2.69. The quantitative estimate of drug-likeness (QED) is 0.398. The molecular formula is C18H12F3N5O3. The third-order valence-corrected chi connectivity index (χ3v) is 4.28. The number of hydrogen-bond acceptors (Lipinski definition) is 5. The Labute approximate surface area is 160 Å². The Morgan fingerprint density at radius 2 is 2.21 bits per heavy atom. The minimum atomic E-state index is -4.64. The topological polar surface area (TPSA) is 104 Å². The van der Waals surface area contributed by atoms with Gasteiger partial charge in [-0.3, -0.25) is 9.59 Å². The summed E-state index contributed by atoms with van der Waals surface area (Å²) < 4.78 is 44.2. The summed E-state index contributed by atoms with van der Waals surface area (Å²) in [6.45, 7) is 0.422. The van der Waals surface area contributed by atoms with Gasteiger partial charge in [-0.2, -0.15) is 18.3 Å². The number of halogens is 3. The highest BCUT2D eigenvalue weighted by atomic mass is 19.4. The van der Waals surface area contributed by atoms with Gasteiger partial charge in [0.2, 0.25) is 5.43 Å². The number of benzene rings is 1. The van der Waals surface area contributed by atoms with Gasteiger partial charge in [-0.15, -0.1) is 0 Å². The van der Waals surface area contributed by atoms with Crippen molar-refractivity contribution in [2.75, 3.05) is 0 Å². The van der Waals surface area contributed by atoms with Crippen molar-refractivity contribution in [3.8, 4) is 0 Å². The van der Waals surface area contributed by atoms with Crippen LogP contribution < -0.4 is 10.9 Å². The van der Waals surface area contributed by atoms with E-state index in [1.165, 1.54) is 12.4 Å². The van der Waals surface area contributed by atoms with Crippen molar-refractivity contribution in [1.29, 1.82) is 0 Å². The van der Waals surface area contributed by atoms with E-state index < -0.39 is 23.1 Å². The number of rotatable bonds is 3. The molecule has 0 fully saturated rings. The highest BCUT2D eigenvalue weighted by Crippen LogP contribution is 2.32. The van der Waals surface area contributed by atoms with Gasteiger partial charge in [-0.05, 0) is 12.1 Å². The van der Waals surface area contributed by atoms with E-state index in [4.69, 9.17) is 4.52 Å². The summed E-state index contributed by atoms with van der Waals surface area (Å²) in [5, 5.41) is 7.20. The van der Waals surface area contributed by atoms with Crippen LogP contribution in [0.1, 0.15) is 27.2 Å². The molecule has 2 N–H and O–H groups in total. The van der Waals surface area contributed by atoms with E-state index in [2.05, 4.69) is 20.7 Å². The average molecular weight is 403 g/mol. The first-order valence-electron chi connectivity index (χ1n) is 8.27. The molecule has 2 aromatic heterocycles. The first kappa shape index (κ1) is 18.5. The lowest BCUT2D eigenvalue weighted by molar-refractivity contribution is -0.136. The number of nitrogens with one attached hydrogen (secondary N) is 2. The third kappa shape index (κ3) is 3.49. The lowest BCUT2D eigenvalue weighted by Crippen LogP contribution is -2.27. The molecular weight excluding hydrogens is 391 g/mol. The van der Waals surface area contributed by atoms with Gasteiger partial charge in [0.25, 0.3) is 5.91 Å². The zero-order valence-corrected chi connectivity index (χ0v) is 14.5. The van der Waals surface area contributed by atoms with Crippen LogP contribution in [-0.2, 0) is 12.7 Å². The van der Waals surface area contributed by atoms with Gasteiger partial charge < -0.3 is 14.4 Å². The van der Waals surface area contributed by atoms with Crippen molar-refractivity contribution in [2.45, 2.75) is 12.7 Å². The number of alkyl halides is 3. The zero-order valence-electron chi connectivity index (χ0n) is 14.5. The number of carbonyl (C=O) groups excluding carboxylic acids is 1. The van der Waals surface area contributed by atoms with Gasteiger partial charge in [-0.1, -0.05) is 11.2 Å². The molecule has 0 aliphatic carbocycles. The second-order valence-electron chi connectivity index (χ2n) is 6.15. The first-order chi connectivity index (χ1) is 13.8. The number of para-hydroxylation sites is 1. The van der Waals surface area contributed by atoms with Crippen molar-refractivity contribution in [3.63, 3.8) is 0 Å². The van der Waals surface area contributed by atoms with Crippen molar-refractivity contribution in [1.82, 2.24) is 20.5 Å². The molecule has 148 valence electrons. The first-order valence-corrected chi connectivity index (χ1v) is 8.27. The summed E-state index contributed by atoms with van der Waals surface area (Å²) in [7, 11) is 0. The Balaban J connectivity index is 1.53. The second-order valence-corrected chi connectivity index (χ2v) is 6.15. The number of hydrazone groups is 1. The molecule has 3 aromatic rings. The molecule has 3 heterocycles. The second kappa shape index (κ2) is 6.93. The number of carbonyl (C=O) groups is 1. The summed E-state index contributed by atoms with van der Waals surface area (Å²) in [6, 6.07) is 3.19. The number of pyridine rings is 1. The SMILES string of the molecule is O=C(N/N=C/N1C=Cc2oncc2C1)c1c[nH]c2c(C(F)(F)F)cccc2c1=O. The zero-order chi connectivity index (χ0) is 20.6. The van der Waals surface area contributed by atoms with Crippen molar-refractivity contribution in [2.24, 2.45) is 5.10 Å². The van der Waals surface area contributed by atoms with Crippen LogP contribution in [0, 0.1) is 0 Å². The summed E-state index contributed by atoms with van der Waals surface area (Å²) in [4.78, 5) is 28.8. The molecule has 8 nitrogen and oxygen atoms in total. The molecule has 0 bridgehead atoms. The standard InChI is InChI=1S/C18H12F3N5O3/c19-18(20,21)13-3-1-2-11-15(13)22-7-12(16(11)27)17(28)25-23-9-26-5-4-14-10(8-26)6-24-29-14/h1-7,9H,8H2,(H,22,27)(H,25,28)/b23-9+. The van der Waals surface area contributed by atoms with Crippen LogP contribution in [0.3, 0.4) is 0 Å². The fourth-order valence-corrected chi connectivity index (χ4v) is 2.90. The molecule has 1 aliphatic heterocycles. The Morgan fingerprint density at radius 1 is 1.38 bits per heavy atom. The predicted molar refractivity (Wildman–Crippen MR) is 96.6 cm³/mol. The van der Waals surface area contributed by atoms with E-state index in [-0.39, 0.29) is 16.5 Å². The molecule has 0 spiro atoms. The molecule has 1 aromatic carbocycles. The van der Waals surface area contributed by atoms with Crippen LogP contribution in [0.5, 0.6) is 0 Å². The minimum Gasteiger partial charge on any atom is -0.360 e. The molecule has 11 heteroatoms. The Kier molecular flexibility index (Phi) is 4.41. The van der Waals surface area contributed by atoms with Crippen LogP contribution in [0.15, 0.2) is 51.2 Å². The molecule has 0 saturated heterocycles. The summed E-state index contributed by atoms with van der Waals surface area (Å²) in [6.07, 6.45) is 2.51. The molecule has 1 aliphatic rings. The van der Waals surface area contributed by atoms with Gasteiger partial charge in [0.15, 0.2) is 5.76 Å². The van der Waals surface area contributed by atoms with Gasteiger partial charge in [0.1, 0.15) is 11.9 Å². The Morgan fingerprint density at radius 3 is 3.00 bits per heavy atom. The van der Waals surface area contributed by atoms with Crippen LogP contribution >= 0.6 is 0 Å². The van der Waals surface area contributed by atoms with Gasteiger partial charge in [-0.25, -0.2) is 5.43 Å². The van der Waals surface area contributed by atoms with E-state index in [0.717, 1.165) is 23.9 Å². The Hall–Kier alpha value is -3.89. The summed E-state index contributed by atoms with van der Waals surface area (Å²) in [5.74, 6) is -0.229. The number of aromatic nitrogens is 2. The van der Waals surface area contributed by atoms with Crippen molar-refractivity contribution >= 4 is 29.2 Å². The molecule has 0 atom stereocenters. The fraction of sp³-hybridized carbons (Fsp3) is 0.111. The number of amides is 1. The number of hydrogen-bond donors (Lipinski definition) is 2. The van der Waals surface area contributed by atoms with E-state index in [0.29, 0.717) is 12.3 Å². The Bertz CT molecular complexity index is 1210. The largest absolute Gasteiger partial charge is 0.418 e. The third-order valence-electron chi connectivity index (χ3n) is 4.28. The highest BCUT2D eigenvalue weighted by Gasteiger charge is 2.33. The van der Waals surface area contributed by atoms with Crippen LogP contribution in [0.25, 0.3) is 17.0 Å². The van der Waals surface area contributed by atoms with E-state index in [1.54, 1.807) is 23.4 Å². The summed E-state index contributed by atoms with van der Waals surface area (Å²) in [5.41, 5.74) is 0.467. The number of aromatic amines is 1. The van der Waals surface area contributed by atoms with Crippen molar-refractivity contribution < 1.29 is 22.5 Å². The highest BCUT2D eigenvalue weighted by molar-refractivity contribution is 5.97. The molecule has 4 rings (SSSR count). The number of nitrogens with zero attached hydrogens (tertiary/aromatic N) is 3. The van der Waals surface area contributed by atoms with E-state index >= 15 is 0 Å². The monoisotopic (exact) mass is 403 g/mol. The van der Waals surface area contributed by atoms with E-state index in [9.17, 15) is 22.8 Å². The number of H-pyrrole nitrogens is 1. The van der Waals surface area contributed by atoms with Gasteiger partial charge >= 0.3 is 6.18 Å². The minimum absolute atomic E-state index is 0.240. The molecule has 1 amide bonds. The maximum Gasteiger partial charge on any atom is 0.418 e. The smallest absolute Gasteiger partial charge is 0.360 e. The number of fused-ring (bicyclic) bond motifs is 2. The fourth-order valence-electron chi connectivity index (χ4n) is 2.90. The maximum atomic E-state index is 13.1. The van der Waals surface area contributed by atoms with E-state index in [1.807, 2.05) is 0 Å². The van der Waals surface area contributed by atoms with Crippen LogP contribution in [0.2, 0.25) is 0 Å². The average Bonchev–Trinajstić information content (AvgIpc) is 3.15. The lowest BCUT2D eigenvalue weighted by atomic mass is 10.1. The molecule has 29 heavy (non-hydrogen) atoms. The van der Waals surface area contributed by atoms with Crippen molar-refractivity contribution in [3.05, 3.63) is 69.5 Å². The summed E-state index contributed by atoms with van der Waals surface area (Å²) >= 11 is 0. The van der Waals surface area contributed by atoms with Gasteiger partial charge in [0.05, 0.1) is 23.8 Å². The maximum absolute atomic E-state index is 13.1. The molecule has 0 saturated carbocycles.